The van der Waals surface area contributed by atoms with Gasteiger partial charge in [-0.3, -0.25) is 15.4 Å². The molecule has 4 aromatic heterocycles. The number of rotatable bonds is 5. The van der Waals surface area contributed by atoms with Crippen LogP contribution in [0.3, 0.4) is 0 Å². The molecular weight excluding hydrogens is 460 g/mol. The molecule has 36 heavy (non-hydrogen) atoms. The minimum absolute atomic E-state index is 0.390. The Bertz CT molecular complexity index is 1490. The molecule has 0 unspecified atom stereocenters. The monoisotopic (exact) mass is 482 g/mol. The van der Waals surface area contributed by atoms with E-state index in [0.29, 0.717) is 41.9 Å². The molecule has 0 atom stereocenters. The minimum atomic E-state index is -0.390. The summed E-state index contributed by atoms with van der Waals surface area (Å²) >= 11 is 0. The second kappa shape index (κ2) is 9.43. The molecule has 180 valence electrons. The Balaban J connectivity index is 1.14. The highest BCUT2D eigenvalue weighted by molar-refractivity contribution is 5.99. The van der Waals surface area contributed by atoms with Gasteiger partial charge in [0.2, 0.25) is 0 Å². The second-order valence-corrected chi connectivity index (χ2v) is 8.14. The van der Waals surface area contributed by atoms with E-state index in [4.69, 9.17) is 9.72 Å². The van der Waals surface area contributed by atoms with Crippen molar-refractivity contribution in [3.63, 3.8) is 0 Å². The highest BCUT2D eigenvalue weighted by Crippen LogP contribution is 2.26. The van der Waals surface area contributed by atoms with Crippen LogP contribution in [0.5, 0.6) is 0 Å². The first-order chi connectivity index (χ1) is 17.7. The number of morpholine rings is 1. The number of H-pyrrole nitrogens is 2. The molecule has 5 aromatic rings. The fourth-order valence-electron chi connectivity index (χ4n) is 4.00. The van der Waals surface area contributed by atoms with Gasteiger partial charge < -0.3 is 19.9 Å². The number of carbonyl (C=O) groups is 1. The molecule has 1 aliphatic heterocycles. The summed E-state index contributed by atoms with van der Waals surface area (Å²) in [7, 11) is 0. The molecule has 5 heterocycles. The van der Waals surface area contributed by atoms with Crippen LogP contribution < -0.4 is 15.5 Å². The molecule has 0 spiro atoms. The average molecular weight is 483 g/mol. The molecule has 0 radical (unpaired) electrons. The van der Waals surface area contributed by atoms with Crippen molar-refractivity contribution in [2.45, 2.75) is 0 Å². The van der Waals surface area contributed by atoms with E-state index < -0.39 is 6.03 Å². The van der Waals surface area contributed by atoms with Crippen LogP contribution in [-0.2, 0) is 4.74 Å². The van der Waals surface area contributed by atoms with Crippen molar-refractivity contribution in [2.75, 3.05) is 41.8 Å². The number of imidazole rings is 1. The number of pyridine rings is 1. The van der Waals surface area contributed by atoms with Crippen molar-refractivity contribution in [3.8, 4) is 22.6 Å². The number of amides is 2. The first-order valence-corrected chi connectivity index (χ1v) is 11.4. The van der Waals surface area contributed by atoms with Crippen molar-refractivity contribution < 1.29 is 9.53 Å². The van der Waals surface area contributed by atoms with E-state index in [1.807, 2.05) is 36.4 Å². The SMILES string of the molecule is O=C(Nc1ccc(-c2nc3c(N4CCOCC4)ncnc3[nH]2)cc1)Nc1cc(-c2cccnc2)n[nH]1. The number of anilines is 3. The lowest BCUT2D eigenvalue weighted by Gasteiger charge is -2.27. The maximum atomic E-state index is 12.5. The van der Waals surface area contributed by atoms with Gasteiger partial charge in [-0.25, -0.2) is 19.7 Å². The van der Waals surface area contributed by atoms with Gasteiger partial charge in [0.25, 0.3) is 0 Å². The predicted octanol–water partition coefficient (Wildman–Crippen LogP) is 3.29. The molecule has 12 nitrogen and oxygen atoms in total. The number of aromatic amines is 2. The van der Waals surface area contributed by atoms with Crippen LogP contribution >= 0.6 is 0 Å². The lowest BCUT2D eigenvalue weighted by molar-refractivity contribution is 0.122. The lowest BCUT2D eigenvalue weighted by Crippen LogP contribution is -2.36. The summed E-state index contributed by atoms with van der Waals surface area (Å²) in [6, 6.07) is 12.5. The topological polar surface area (TPSA) is 150 Å². The Morgan fingerprint density at radius 3 is 2.69 bits per heavy atom. The predicted molar refractivity (Wildman–Crippen MR) is 135 cm³/mol. The molecule has 0 bridgehead atoms. The molecule has 1 aromatic carbocycles. The van der Waals surface area contributed by atoms with Crippen LogP contribution in [0.1, 0.15) is 0 Å². The number of carbonyl (C=O) groups excluding carboxylic acids is 1. The van der Waals surface area contributed by atoms with Crippen molar-refractivity contribution in [2.24, 2.45) is 0 Å². The van der Waals surface area contributed by atoms with Gasteiger partial charge >= 0.3 is 6.03 Å². The number of urea groups is 1. The normalized spacial score (nSPS) is 13.6. The first kappa shape index (κ1) is 21.7. The van der Waals surface area contributed by atoms with E-state index in [-0.39, 0.29) is 0 Å². The molecule has 1 aliphatic rings. The third kappa shape index (κ3) is 4.44. The number of fused-ring (bicyclic) bond motifs is 1. The zero-order valence-electron chi connectivity index (χ0n) is 19.1. The van der Waals surface area contributed by atoms with Crippen molar-refractivity contribution in [3.05, 3.63) is 61.2 Å². The minimum Gasteiger partial charge on any atom is -0.378 e. The number of hydrogen-bond donors (Lipinski definition) is 4. The van der Waals surface area contributed by atoms with Crippen LogP contribution in [0.4, 0.5) is 22.1 Å². The quantitative estimate of drug-likeness (QED) is 0.298. The highest BCUT2D eigenvalue weighted by Gasteiger charge is 2.19. The smallest absolute Gasteiger partial charge is 0.324 e. The Labute approximate surface area is 205 Å². The maximum absolute atomic E-state index is 12.5. The van der Waals surface area contributed by atoms with Crippen molar-refractivity contribution in [1.29, 1.82) is 0 Å². The van der Waals surface area contributed by atoms with E-state index in [1.54, 1.807) is 24.8 Å². The van der Waals surface area contributed by atoms with E-state index in [1.165, 1.54) is 0 Å². The summed E-state index contributed by atoms with van der Waals surface area (Å²) in [6.45, 7) is 2.85. The van der Waals surface area contributed by atoms with Gasteiger partial charge in [0.15, 0.2) is 17.0 Å². The zero-order chi connectivity index (χ0) is 24.3. The Hall–Kier alpha value is -4.84. The summed E-state index contributed by atoms with van der Waals surface area (Å²) in [5.74, 6) is 1.95. The summed E-state index contributed by atoms with van der Waals surface area (Å²) in [5.41, 5.74) is 4.44. The van der Waals surface area contributed by atoms with Crippen LogP contribution in [0.15, 0.2) is 61.2 Å². The molecule has 2 amide bonds. The summed E-state index contributed by atoms with van der Waals surface area (Å²) < 4.78 is 5.44. The first-order valence-electron chi connectivity index (χ1n) is 11.4. The van der Waals surface area contributed by atoms with Crippen LogP contribution in [0.2, 0.25) is 0 Å². The van der Waals surface area contributed by atoms with Crippen molar-refractivity contribution >= 4 is 34.5 Å². The maximum Gasteiger partial charge on any atom is 0.324 e. The Morgan fingerprint density at radius 1 is 1.03 bits per heavy atom. The number of ether oxygens (including phenoxy) is 1. The average Bonchev–Trinajstić information content (AvgIpc) is 3.57. The standard InChI is InChI=1S/C24H22N10O2/c35-24(29-19-12-18(32-33-19)16-2-1-7-25-13-16)28-17-5-3-15(4-6-17)21-30-20-22(31-21)26-14-27-23(20)34-8-10-36-11-9-34/h1-7,12-14H,8-11H2,(H,26,27,30,31)(H3,28,29,32,33,35). The van der Waals surface area contributed by atoms with Gasteiger partial charge in [-0.2, -0.15) is 5.10 Å². The molecule has 12 heteroatoms. The van der Waals surface area contributed by atoms with Gasteiger partial charge in [-0.15, -0.1) is 0 Å². The lowest BCUT2D eigenvalue weighted by atomic mass is 10.2. The Kier molecular flexibility index (Phi) is 5.68. The molecule has 4 N–H and O–H groups in total. The second-order valence-electron chi connectivity index (χ2n) is 8.14. The van der Waals surface area contributed by atoms with Crippen LogP contribution in [0, 0.1) is 0 Å². The largest absolute Gasteiger partial charge is 0.378 e. The fourth-order valence-corrected chi connectivity index (χ4v) is 4.00. The molecule has 1 saturated heterocycles. The number of benzene rings is 1. The summed E-state index contributed by atoms with van der Waals surface area (Å²) in [5, 5.41) is 12.6. The summed E-state index contributed by atoms with van der Waals surface area (Å²) in [4.78, 5) is 35.5. The summed E-state index contributed by atoms with van der Waals surface area (Å²) in [6.07, 6.45) is 4.94. The fraction of sp³-hybridized carbons (Fsp3) is 0.167. The highest BCUT2D eigenvalue weighted by atomic mass is 16.5. The van der Waals surface area contributed by atoms with Crippen molar-refractivity contribution in [1.82, 2.24) is 35.1 Å². The van der Waals surface area contributed by atoms with E-state index in [0.717, 1.165) is 35.6 Å². The molecular formula is C24H22N10O2. The van der Waals surface area contributed by atoms with Gasteiger partial charge in [-0.1, -0.05) is 0 Å². The Morgan fingerprint density at radius 2 is 1.89 bits per heavy atom. The number of nitrogens with zero attached hydrogens (tertiary/aromatic N) is 6. The molecule has 6 rings (SSSR count). The van der Waals surface area contributed by atoms with Crippen LogP contribution in [-0.4, -0.2) is 67.5 Å². The van der Waals surface area contributed by atoms with Gasteiger partial charge in [-0.05, 0) is 36.4 Å². The van der Waals surface area contributed by atoms with E-state index in [2.05, 4.69) is 45.7 Å². The van der Waals surface area contributed by atoms with Gasteiger partial charge in [0.1, 0.15) is 18.0 Å². The molecule has 0 saturated carbocycles. The molecule has 1 fully saturated rings. The number of nitrogens with one attached hydrogen (secondary N) is 4. The third-order valence-electron chi connectivity index (χ3n) is 5.77. The number of hydrogen-bond acceptors (Lipinski definition) is 8. The van der Waals surface area contributed by atoms with Gasteiger partial charge in [0.05, 0.1) is 18.9 Å². The zero-order valence-corrected chi connectivity index (χ0v) is 19.1. The van der Waals surface area contributed by atoms with E-state index in [9.17, 15) is 4.79 Å². The van der Waals surface area contributed by atoms with E-state index >= 15 is 0 Å². The molecule has 0 aliphatic carbocycles. The number of aromatic nitrogens is 7. The van der Waals surface area contributed by atoms with Gasteiger partial charge in [0, 0.05) is 48.4 Å². The van der Waals surface area contributed by atoms with Crippen LogP contribution in [0.25, 0.3) is 33.8 Å². The third-order valence-corrected chi connectivity index (χ3v) is 5.77.